The van der Waals surface area contributed by atoms with Crippen molar-refractivity contribution in [2.45, 2.75) is 17.2 Å². The number of thioether (sulfide) groups is 1. The summed E-state index contributed by atoms with van der Waals surface area (Å²) < 4.78 is 18.4. The fraction of sp³-hybridized carbons (Fsp3) is 0.400. The highest BCUT2D eigenvalue weighted by Gasteiger charge is 2.29. The Labute approximate surface area is 148 Å². The Morgan fingerprint density at radius 1 is 1.12 bits per heavy atom. The first-order valence-corrected chi connectivity index (χ1v) is 9.35. The van der Waals surface area contributed by atoms with Gasteiger partial charge in [0.15, 0.2) is 0 Å². The van der Waals surface area contributed by atoms with Crippen LogP contribution in [0.5, 0.6) is 5.75 Å². The summed E-state index contributed by atoms with van der Waals surface area (Å²) in [5, 5.41) is 0. The van der Waals surface area contributed by atoms with Gasteiger partial charge in [-0.25, -0.2) is 4.39 Å². The van der Waals surface area contributed by atoms with Crippen molar-refractivity contribution in [3.05, 3.63) is 59.9 Å². The molecular weight excluding hydrogens is 321 g/mol. The first-order valence-electron chi connectivity index (χ1n) is 8.36. The fourth-order valence-corrected chi connectivity index (χ4v) is 4.48. The Bertz CT molecular complexity index is 644. The largest absolute Gasteiger partial charge is 0.497 e. The minimum Gasteiger partial charge on any atom is -0.497 e. The first kappa shape index (κ1) is 17.3. The number of nitrogens with zero attached hydrogens (tertiary/aromatic N) is 1. The van der Waals surface area contributed by atoms with Gasteiger partial charge in [0.25, 0.3) is 0 Å². The van der Waals surface area contributed by atoms with Crippen LogP contribution in [0.25, 0.3) is 0 Å². The van der Waals surface area contributed by atoms with E-state index >= 15 is 0 Å². The van der Waals surface area contributed by atoms with Gasteiger partial charge in [-0.2, -0.15) is 0 Å². The summed E-state index contributed by atoms with van der Waals surface area (Å²) in [4.78, 5) is 3.67. The molecule has 0 bridgehead atoms. The van der Waals surface area contributed by atoms with E-state index in [0.717, 1.165) is 31.0 Å². The highest BCUT2D eigenvalue weighted by atomic mass is 32.2. The summed E-state index contributed by atoms with van der Waals surface area (Å²) in [7, 11) is 3.87. The molecule has 128 valence electrons. The quantitative estimate of drug-likeness (QED) is 0.731. The molecule has 0 aliphatic carbocycles. The molecule has 0 saturated carbocycles. The van der Waals surface area contributed by atoms with Crippen molar-refractivity contribution < 1.29 is 9.13 Å². The smallest absolute Gasteiger partial charge is 0.123 e. The third-order valence-electron chi connectivity index (χ3n) is 4.76. The number of ether oxygens (including phenoxy) is 1. The average molecular weight is 345 g/mol. The Morgan fingerprint density at radius 3 is 2.50 bits per heavy atom. The summed E-state index contributed by atoms with van der Waals surface area (Å²) in [6.07, 6.45) is 1.13. The first-order chi connectivity index (χ1) is 11.7. The molecule has 1 aliphatic heterocycles. The number of rotatable bonds is 5. The SMILES string of the molecule is COc1ccc(SC[C@H]2CN(C)CC[C@H]2c2ccc(F)cc2)cc1. The monoisotopic (exact) mass is 345 g/mol. The Hall–Kier alpha value is -1.52. The minimum absolute atomic E-state index is 0.157. The van der Waals surface area contributed by atoms with Crippen LogP contribution in [0.1, 0.15) is 17.9 Å². The standard InChI is InChI=1S/C20H24FNOS/c1-22-12-11-20(15-3-5-17(21)6-4-15)16(13-22)14-24-19-9-7-18(23-2)8-10-19/h3-10,16,20H,11-14H2,1-2H3/t16-,20+/m1/s1. The zero-order chi connectivity index (χ0) is 16.9. The predicted octanol–water partition coefficient (Wildman–Crippen LogP) is 4.66. The van der Waals surface area contributed by atoms with Gasteiger partial charge in [-0.05, 0) is 73.8 Å². The Balaban J connectivity index is 1.68. The second-order valence-electron chi connectivity index (χ2n) is 6.46. The third kappa shape index (κ3) is 4.31. The molecule has 0 unspecified atom stereocenters. The van der Waals surface area contributed by atoms with Gasteiger partial charge in [0.2, 0.25) is 0 Å². The van der Waals surface area contributed by atoms with Gasteiger partial charge in [0.05, 0.1) is 7.11 Å². The molecule has 0 radical (unpaired) electrons. The molecule has 0 spiro atoms. The fourth-order valence-electron chi connectivity index (χ4n) is 3.41. The Kier molecular flexibility index (Phi) is 5.80. The second-order valence-corrected chi connectivity index (χ2v) is 7.55. The van der Waals surface area contributed by atoms with Crippen LogP contribution >= 0.6 is 11.8 Å². The van der Waals surface area contributed by atoms with Gasteiger partial charge in [0.1, 0.15) is 11.6 Å². The number of likely N-dealkylation sites (tertiary alicyclic amines) is 1. The third-order valence-corrected chi connectivity index (χ3v) is 5.96. The number of halogens is 1. The number of hydrogen-bond acceptors (Lipinski definition) is 3. The minimum atomic E-state index is -0.157. The lowest BCUT2D eigenvalue weighted by Crippen LogP contribution is -2.38. The number of hydrogen-bond donors (Lipinski definition) is 0. The molecule has 0 amide bonds. The second kappa shape index (κ2) is 8.04. The van der Waals surface area contributed by atoms with E-state index in [4.69, 9.17) is 4.74 Å². The van der Waals surface area contributed by atoms with E-state index in [1.165, 1.54) is 10.5 Å². The molecule has 1 heterocycles. The van der Waals surface area contributed by atoms with Crippen molar-refractivity contribution in [2.75, 3.05) is 33.0 Å². The van der Waals surface area contributed by atoms with E-state index < -0.39 is 0 Å². The number of piperidine rings is 1. The molecule has 2 atom stereocenters. The highest BCUT2D eigenvalue weighted by molar-refractivity contribution is 7.99. The lowest BCUT2D eigenvalue weighted by molar-refractivity contribution is 0.198. The van der Waals surface area contributed by atoms with E-state index in [0.29, 0.717) is 11.8 Å². The topological polar surface area (TPSA) is 12.5 Å². The van der Waals surface area contributed by atoms with Gasteiger partial charge in [-0.1, -0.05) is 12.1 Å². The van der Waals surface area contributed by atoms with Gasteiger partial charge in [-0.3, -0.25) is 0 Å². The van der Waals surface area contributed by atoms with Crippen LogP contribution in [0.3, 0.4) is 0 Å². The van der Waals surface area contributed by atoms with Gasteiger partial charge in [0, 0.05) is 17.2 Å². The lowest BCUT2D eigenvalue weighted by Gasteiger charge is -2.37. The molecule has 2 nitrogen and oxygen atoms in total. The van der Waals surface area contributed by atoms with Crippen LogP contribution in [0.2, 0.25) is 0 Å². The molecule has 1 fully saturated rings. The van der Waals surface area contributed by atoms with Crippen molar-refractivity contribution >= 4 is 11.8 Å². The average Bonchev–Trinajstić information content (AvgIpc) is 2.61. The zero-order valence-corrected chi connectivity index (χ0v) is 15.1. The van der Waals surface area contributed by atoms with Crippen LogP contribution < -0.4 is 4.74 Å². The van der Waals surface area contributed by atoms with E-state index in [9.17, 15) is 4.39 Å². The van der Waals surface area contributed by atoms with Crippen LogP contribution in [0, 0.1) is 11.7 Å². The molecule has 3 rings (SSSR count). The van der Waals surface area contributed by atoms with Crippen LogP contribution in [-0.4, -0.2) is 37.9 Å². The number of methoxy groups -OCH3 is 1. The van der Waals surface area contributed by atoms with Crippen molar-refractivity contribution in [1.29, 1.82) is 0 Å². The van der Waals surface area contributed by atoms with Crippen molar-refractivity contribution in [2.24, 2.45) is 5.92 Å². The zero-order valence-electron chi connectivity index (χ0n) is 14.2. The van der Waals surface area contributed by atoms with Crippen LogP contribution in [0.15, 0.2) is 53.4 Å². The van der Waals surface area contributed by atoms with Gasteiger partial charge < -0.3 is 9.64 Å². The molecular formula is C20H24FNOS. The summed E-state index contributed by atoms with van der Waals surface area (Å²) in [6.45, 7) is 2.19. The summed E-state index contributed by atoms with van der Waals surface area (Å²) >= 11 is 1.89. The van der Waals surface area contributed by atoms with Crippen molar-refractivity contribution in [3.63, 3.8) is 0 Å². The molecule has 24 heavy (non-hydrogen) atoms. The van der Waals surface area contributed by atoms with Gasteiger partial charge in [-0.15, -0.1) is 11.8 Å². The molecule has 0 N–H and O–H groups in total. The van der Waals surface area contributed by atoms with Crippen LogP contribution in [0.4, 0.5) is 4.39 Å². The van der Waals surface area contributed by atoms with Gasteiger partial charge >= 0.3 is 0 Å². The van der Waals surface area contributed by atoms with Crippen molar-refractivity contribution in [1.82, 2.24) is 4.90 Å². The Morgan fingerprint density at radius 2 is 1.83 bits per heavy atom. The molecule has 2 aromatic carbocycles. The summed E-state index contributed by atoms with van der Waals surface area (Å²) in [5.74, 6) is 2.88. The molecule has 4 heteroatoms. The molecule has 0 aromatic heterocycles. The highest BCUT2D eigenvalue weighted by Crippen LogP contribution is 2.36. The maximum atomic E-state index is 13.2. The normalized spacial score (nSPS) is 21.6. The van der Waals surface area contributed by atoms with E-state index in [-0.39, 0.29) is 5.82 Å². The van der Waals surface area contributed by atoms with Crippen LogP contribution in [-0.2, 0) is 0 Å². The van der Waals surface area contributed by atoms with E-state index in [1.54, 1.807) is 19.2 Å². The summed E-state index contributed by atoms with van der Waals surface area (Å²) in [5.41, 5.74) is 1.27. The summed E-state index contributed by atoms with van der Waals surface area (Å²) in [6, 6.07) is 15.3. The maximum absolute atomic E-state index is 13.2. The van der Waals surface area contributed by atoms with E-state index in [2.05, 4.69) is 24.1 Å². The van der Waals surface area contributed by atoms with Crippen molar-refractivity contribution in [3.8, 4) is 5.75 Å². The lowest BCUT2D eigenvalue weighted by atomic mass is 9.81. The maximum Gasteiger partial charge on any atom is 0.123 e. The molecule has 1 aliphatic rings. The van der Waals surface area contributed by atoms with E-state index in [1.807, 2.05) is 36.0 Å². The predicted molar refractivity (Wildman–Crippen MR) is 98.5 cm³/mol. The molecule has 2 aromatic rings. The molecule has 1 saturated heterocycles. The number of benzene rings is 2.